The number of unbranched alkanes of at least 4 members (excludes halogenated alkanes) is 4. The molecule has 2 aromatic carbocycles. The highest BCUT2D eigenvalue weighted by Crippen LogP contribution is 2.13. The van der Waals surface area contributed by atoms with Gasteiger partial charge in [-0.25, -0.2) is 9.59 Å². The van der Waals surface area contributed by atoms with Crippen LogP contribution in [-0.4, -0.2) is 37.4 Å². The molecule has 0 spiro atoms. The molecule has 0 aliphatic rings. The third-order valence-electron chi connectivity index (χ3n) is 4.36. The smallest absolute Gasteiger partial charge is 0.335 e. The lowest BCUT2D eigenvalue weighted by molar-refractivity contribution is -0.139. The van der Waals surface area contributed by atoms with Crippen LogP contribution >= 0.6 is 0 Å². The summed E-state index contributed by atoms with van der Waals surface area (Å²) in [6.45, 7) is 6.21. The predicted molar refractivity (Wildman–Crippen MR) is 125 cm³/mol. The van der Waals surface area contributed by atoms with Crippen LogP contribution in [0.25, 0.3) is 0 Å². The van der Waals surface area contributed by atoms with E-state index in [9.17, 15) is 9.59 Å². The molecule has 2 rings (SSSR count). The number of benzene rings is 2. The first kappa shape index (κ1) is 26.6. The molecule has 0 atom stereocenters. The standard InChI is InChI=1S/C18H24O5.C7H9NO/c1-14(2)18(21)23-13-7-5-3-4-6-12-22-16-10-8-15(9-11-16)17(19)20;1-9-7-4-2-6(8)3-5-7/h8-11H,1,3-7,12-13H2,2H3,(H,19,20);2-5H,8H2,1H3. The Balaban J connectivity index is 0.000000471. The van der Waals surface area contributed by atoms with Crippen molar-refractivity contribution in [3.05, 3.63) is 66.2 Å². The van der Waals surface area contributed by atoms with Crippen molar-refractivity contribution in [2.45, 2.75) is 39.0 Å². The first-order valence-corrected chi connectivity index (χ1v) is 10.5. The first-order valence-electron chi connectivity index (χ1n) is 10.5. The number of nitrogen functional groups attached to an aromatic ring is 1. The van der Waals surface area contributed by atoms with Gasteiger partial charge >= 0.3 is 11.9 Å². The van der Waals surface area contributed by atoms with E-state index in [2.05, 4.69) is 6.58 Å². The number of carbonyl (C=O) groups excluding carboxylic acids is 1. The number of anilines is 1. The van der Waals surface area contributed by atoms with Crippen molar-refractivity contribution < 1.29 is 28.9 Å². The fraction of sp³-hybridized carbons (Fsp3) is 0.360. The molecular formula is C25H33NO6. The fourth-order valence-electron chi connectivity index (χ4n) is 2.51. The van der Waals surface area contributed by atoms with Crippen molar-refractivity contribution in [3.63, 3.8) is 0 Å². The number of hydrogen-bond donors (Lipinski definition) is 2. The van der Waals surface area contributed by atoms with Crippen LogP contribution in [0.4, 0.5) is 5.69 Å². The molecule has 0 amide bonds. The van der Waals surface area contributed by atoms with Crippen molar-refractivity contribution in [3.8, 4) is 11.5 Å². The van der Waals surface area contributed by atoms with Crippen LogP contribution in [0.1, 0.15) is 49.4 Å². The number of aromatic carboxylic acids is 1. The van der Waals surface area contributed by atoms with Crippen molar-refractivity contribution >= 4 is 17.6 Å². The van der Waals surface area contributed by atoms with Crippen molar-refractivity contribution in [2.24, 2.45) is 0 Å². The summed E-state index contributed by atoms with van der Waals surface area (Å²) in [6, 6.07) is 13.7. The number of methoxy groups -OCH3 is 1. The molecule has 32 heavy (non-hydrogen) atoms. The lowest BCUT2D eigenvalue weighted by Crippen LogP contribution is -2.06. The minimum absolute atomic E-state index is 0.254. The molecule has 0 aromatic heterocycles. The maximum atomic E-state index is 11.1. The summed E-state index contributed by atoms with van der Waals surface area (Å²) in [5, 5.41) is 8.80. The summed E-state index contributed by atoms with van der Waals surface area (Å²) in [7, 11) is 1.63. The summed E-state index contributed by atoms with van der Waals surface area (Å²) < 4.78 is 15.5. The second kappa shape index (κ2) is 15.3. The molecule has 7 heteroatoms. The normalized spacial score (nSPS) is 9.81. The molecule has 0 heterocycles. The Bertz CT molecular complexity index is 831. The van der Waals surface area contributed by atoms with E-state index in [1.807, 2.05) is 12.1 Å². The Labute approximate surface area is 189 Å². The largest absolute Gasteiger partial charge is 0.497 e. The first-order chi connectivity index (χ1) is 15.3. The maximum absolute atomic E-state index is 11.1. The molecule has 7 nitrogen and oxygen atoms in total. The van der Waals surface area contributed by atoms with Crippen LogP contribution in [0, 0.1) is 0 Å². The van der Waals surface area contributed by atoms with E-state index in [1.165, 1.54) is 12.1 Å². The number of carboxylic acids is 1. The highest BCUT2D eigenvalue weighted by atomic mass is 16.5. The molecule has 0 unspecified atom stereocenters. The summed E-state index contributed by atoms with van der Waals surface area (Å²) in [4.78, 5) is 21.9. The van der Waals surface area contributed by atoms with E-state index < -0.39 is 5.97 Å². The molecule has 0 aliphatic carbocycles. The fourth-order valence-corrected chi connectivity index (χ4v) is 2.51. The molecule has 0 aliphatic heterocycles. The van der Waals surface area contributed by atoms with Gasteiger partial charge in [-0.2, -0.15) is 0 Å². The summed E-state index contributed by atoms with van der Waals surface area (Å²) in [6.07, 6.45) is 4.91. The molecule has 2 aromatic rings. The van der Waals surface area contributed by atoms with Gasteiger partial charge in [0.15, 0.2) is 0 Å². The van der Waals surface area contributed by atoms with E-state index in [0.29, 0.717) is 24.5 Å². The molecule has 3 N–H and O–H groups in total. The zero-order chi connectivity index (χ0) is 23.8. The SMILES string of the molecule is C=C(C)C(=O)OCCCCCCCOc1ccc(C(=O)O)cc1.COc1ccc(N)cc1. The number of carboxylic acid groups (broad SMARTS) is 1. The van der Waals surface area contributed by atoms with Gasteiger partial charge in [0.2, 0.25) is 0 Å². The molecule has 0 saturated carbocycles. The average molecular weight is 444 g/mol. The zero-order valence-corrected chi connectivity index (χ0v) is 18.8. The topological polar surface area (TPSA) is 108 Å². The summed E-state index contributed by atoms with van der Waals surface area (Å²) >= 11 is 0. The third kappa shape index (κ3) is 11.6. The van der Waals surface area contributed by atoms with Crippen LogP contribution in [-0.2, 0) is 9.53 Å². The van der Waals surface area contributed by atoms with Crippen molar-refractivity contribution in [1.29, 1.82) is 0 Å². The molecule has 174 valence electrons. The number of ether oxygens (including phenoxy) is 3. The summed E-state index contributed by atoms with van der Waals surface area (Å²) in [5.74, 6) is 0.253. The van der Waals surface area contributed by atoms with Gasteiger partial charge in [0, 0.05) is 11.3 Å². The highest BCUT2D eigenvalue weighted by molar-refractivity contribution is 5.87. The van der Waals surface area contributed by atoms with Crippen molar-refractivity contribution in [2.75, 3.05) is 26.1 Å². The highest BCUT2D eigenvalue weighted by Gasteiger charge is 2.03. The van der Waals surface area contributed by atoms with Crippen LogP contribution in [0.2, 0.25) is 0 Å². The predicted octanol–water partition coefficient (Wildman–Crippen LogP) is 5.11. The van der Waals surface area contributed by atoms with Crippen LogP contribution in [0.5, 0.6) is 11.5 Å². The molecular weight excluding hydrogens is 410 g/mol. The number of esters is 1. The maximum Gasteiger partial charge on any atom is 0.335 e. The Morgan fingerprint density at radius 3 is 1.94 bits per heavy atom. The Hall–Kier alpha value is -3.48. The van der Waals surface area contributed by atoms with Crippen LogP contribution < -0.4 is 15.2 Å². The van der Waals surface area contributed by atoms with Gasteiger partial charge in [-0.05, 0) is 68.3 Å². The average Bonchev–Trinajstić information content (AvgIpc) is 2.79. The van der Waals surface area contributed by atoms with E-state index in [0.717, 1.165) is 43.5 Å². The monoisotopic (exact) mass is 443 g/mol. The lowest BCUT2D eigenvalue weighted by Gasteiger charge is -2.07. The Morgan fingerprint density at radius 2 is 1.41 bits per heavy atom. The third-order valence-corrected chi connectivity index (χ3v) is 4.36. The quantitative estimate of drug-likeness (QED) is 0.203. The van der Waals surface area contributed by atoms with E-state index in [-0.39, 0.29) is 11.5 Å². The Morgan fingerprint density at radius 1 is 0.875 bits per heavy atom. The van der Waals surface area contributed by atoms with Gasteiger partial charge in [-0.3, -0.25) is 0 Å². The van der Waals surface area contributed by atoms with Gasteiger partial charge in [0.25, 0.3) is 0 Å². The van der Waals surface area contributed by atoms with E-state index in [4.69, 9.17) is 25.1 Å². The van der Waals surface area contributed by atoms with E-state index in [1.54, 1.807) is 38.3 Å². The van der Waals surface area contributed by atoms with Crippen molar-refractivity contribution in [1.82, 2.24) is 0 Å². The number of carbonyl (C=O) groups is 2. The molecule has 0 bridgehead atoms. The van der Waals surface area contributed by atoms with Gasteiger partial charge in [0.05, 0.1) is 25.9 Å². The number of rotatable bonds is 12. The second-order valence-corrected chi connectivity index (χ2v) is 7.14. The zero-order valence-electron chi connectivity index (χ0n) is 18.8. The van der Waals surface area contributed by atoms with Gasteiger partial charge in [0.1, 0.15) is 11.5 Å². The molecule has 0 fully saturated rings. The number of nitrogens with two attached hydrogens (primary N) is 1. The summed E-state index contributed by atoms with van der Waals surface area (Å²) in [5.41, 5.74) is 6.87. The minimum Gasteiger partial charge on any atom is -0.497 e. The van der Waals surface area contributed by atoms with Gasteiger partial charge < -0.3 is 25.1 Å². The minimum atomic E-state index is -0.939. The van der Waals surface area contributed by atoms with Gasteiger partial charge in [-0.15, -0.1) is 0 Å². The number of hydrogen-bond acceptors (Lipinski definition) is 6. The van der Waals surface area contributed by atoms with Gasteiger partial charge in [-0.1, -0.05) is 25.8 Å². The van der Waals surface area contributed by atoms with Crippen LogP contribution in [0.15, 0.2) is 60.7 Å². The van der Waals surface area contributed by atoms with E-state index >= 15 is 0 Å². The molecule has 0 saturated heterocycles. The molecule has 0 radical (unpaired) electrons. The second-order valence-electron chi connectivity index (χ2n) is 7.14. The Kier molecular flexibility index (Phi) is 12.7. The van der Waals surface area contributed by atoms with Crippen LogP contribution in [0.3, 0.4) is 0 Å². The lowest BCUT2D eigenvalue weighted by atomic mass is 10.1.